The molecule has 4 aromatic rings. The Balaban J connectivity index is 1.52. The van der Waals surface area contributed by atoms with Crippen molar-refractivity contribution in [3.8, 4) is 16.9 Å². The van der Waals surface area contributed by atoms with Gasteiger partial charge in [0, 0.05) is 23.1 Å². The molecule has 1 aliphatic heterocycles. The fourth-order valence-corrected chi connectivity index (χ4v) is 5.14. The molecule has 2 aromatic carbocycles. The topological polar surface area (TPSA) is 81.5 Å². The predicted molar refractivity (Wildman–Crippen MR) is 128 cm³/mol. The lowest BCUT2D eigenvalue weighted by molar-refractivity contribution is -0.125. The molecule has 8 heteroatoms. The van der Waals surface area contributed by atoms with Crippen LogP contribution in [0.5, 0.6) is 5.75 Å². The Kier molecular flexibility index (Phi) is 5.09. The number of ether oxygens (including phenoxy) is 1. The number of hydrogen-bond donors (Lipinski definition) is 0. The van der Waals surface area contributed by atoms with E-state index in [2.05, 4.69) is 4.98 Å². The first-order valence-electron chi connectivity index (χ1n) is 10.5. The van der Waals surface area contributed by atoms with Gasteiger partial charge >= 0.3 is 0 Å². The Morgan fingerprint density at radius 3 is 2.67 bits per heavy atom. The molecule has 33 heavy (non-hydrogen) atoms. The molecule has 3 heterocycles. The molecule has 1 unspecified atom stereocenters. The van der Waals surface area contributed by atoms with E-state index < -0.39 is 6.10 Å². The maximum absolute atomic E-state index is 13.4. The molecule has 0 spiro atoms. The third-order valence-corrected chi connectivity index (χ3v) is 6.87. The summed E-state index contributed by atoms with van der Waals surface area (Å²) in [5.74, 6) is 0.107. The minimum absolute atomic E-state index is 0.154. The average molecular weight is 460 g/mol. The lowest BCUT2D eigenvalue weighted by atomic mass is 10.0. The van der Waals surface area contributed by atoms with E-state index in [1.54, 1.807) is 32.2 Å². The van der Waals surface area contributed by atoms with Crippen LogP contribution in [0.3, 0.4) is 0 Å². The zero-order chi connectivity index (χ0) is 23.3. The van der Waals surface area contributed by atoms with Gasteiger partial charge in [0.25, 0.3) is 11.5 Å². The molecule has 5 rings (SSSR count). The van der Waals surface area contributed by atoms with E-state index in [4.69, 9.17) is 4.74 Å². The third-order valence-electron chi connectivity index (χ3n) is 5.86. The Hall–Kier alpha value is -3.78. The third kappa shape index (κ3) is 3.52. The summed E-state index contributed by atoms with van der Waals surface area (Å²) in [6.45, 7) is 3.50. The number of fused-ring (bicyclic) bond motifs is 2. The van der Waals surface area contributed by atoms with Crippen LogP contribution in [0.1, 0.15) is 22.2 Å². The first-order chi connectivity index (χ1) is 15.8. The molecule has 0 radical (unpaired) electrons. The van der Waals surface area contributed by atoms with Gasteiger partial charge in [-0.3, -0.25) is 19.0 Å². The number of rotatable bonds is 4. The van der Waals surface area contributed by atoms with E-state index in [-0.39, 0.29) is 23.8 Å². The molecular formula is C25H21N3O4S. The van der Waals surface area contributed by atoms with Gasteiger partial charge in [0.05, 0.1) is 23.9 Å². The van der Waals surface area contributed by atoms with Crippen LogP contribution in [0.4, 0.5) is 5.69 Å². The van der Waals surface area contributed by atoms with Gasteiger partial charge in [-0.15, -0.1) is 11.3 Å². The van der Waals surface area contributed by atoms with Gasteiger partial charge in [-0.1, -0.05) is 30.3 Å². The van der Waals surface area contributed by atoms with Gasteiger partial charge in [0.1, 0.15) is 10.6 Å². The molecule has 0 fully saturated rings. The summed E-state index contributed by atoms with van der Waals surface area (Å²) in [5, 5.41) is 0.525. The number of aromatic nitrogens is 2. The minimum Gasteiger partial charge on any atom is -0.479 e. The monoisotopic (exact) mass is 459 g/mol. The number of amides is 1. The SMILES string of the molecule is Cc1sc2ncn(CC(=O)c3ccc4c(c3)N(C)C(=O)C(C)O4)c(=O)c2c1-c1ccccc1. The van der Waals surface area contributed by atoms with Crippen LogP contribution >= 0.6 is 11.3 Å². The summed E-state index contributed by atoms with van der Waals surface area (Å²) in [7, 11) is 1.65. The summed E-state index contributed by atoms with van der Waals surface area (Å²) >= 11 is 1.47. The number of benzene rings is 2. The van der Waals surface area contributed by atoms with Crippen molar-refractivity contribution in [1.29, 1.82) is 0 Å². The number of likely N-dealkylation sites (N-methyl/N-ethyl adjacent to an activating group) is 1. The van der Waals surface area contributed by atoms with E-state index >= 15 is 0 Å². The molecule has 0 N–H and O–H groups in total. The number of nitrogens with zero attached hydrogens (tertiary/aromatic N) is 3. The normalized spacial score (nSPS) is 15.4. The first kappa shape index (κ1) is 21.1. The van der Waals surface area contributed by atoms with E-state index in [1.807, 2.05) is 37.3 Å². The zero-order valence-corrected chi connectivity index (χ0v) is 19.2. The highest BCUT2D eigenvalue weighted by atomic mass is 32.1. The molecule has 1 amide bonds. The Bertz CT molecular complexity index is 1470. The summed E-state index contributed by atoms with van der Waals surface area (Å²) in [5.41, 5.74) is 2.47. The quantitative estimate of drug-likeness (QED) is 0.430. The minimum atomic E-state index is -0.576. The van der Waals surface area contributed by atoms with Crippen LogP contribution < -0.4 is 15.2 Å². The first-order valence-corrected chi connectivity index (χ1v) is 11.3. The van der Waals surface area contributed by atoms with Crippen LogP contribution in [-0.4, -0.2) is 34.4 Å². The molecule has 0 bridgehead atoms. The molecule has 2 aromatic heterocycles. The highest BCUT2D eigenvalue weighted by molar-refractivity contribution is 7.19. The molecule has 0 saturated heterocycles. The van der Waals surface area contributed by atoms with Gasteiger partial charge in [-0.05, 0) is 37.6 Å². The average Bonchev–Trinajstić information content (AvgIpc) is 3.16. The molecule has 0 aliphatic carbocycles. The van der Waals surface area contributed by atoms with Crippen molar-refractivity contribution in [2.45, 2.75) is 26.5 Å². The highest BCUT2D eigenvalue weighted by Gasteiger charge is 2.29. The number of carbonyl (C=O) groups excluding carboxylic acids is 2. The predicted octanol–water partition coefficient (Wildman–Crippen LogP) is 4.06. The zero-order valence-electron chi connectivity index (χ0n) is 18.4. The van der Waals surface area contributed by atoms with Crippen LogP contribution in [0, 0.1) is 6.92 Å². The van der Waals surface area contributed by atoms with Crippen molar-refractivity contribution >= 4 is 38.9 Å². The Labute approximate surface area is 193 Å². The lowest BCUT2D eigenvalue weighted by Crippen LogP contribution is -2.42. The number of anilines is 1. The smallest absolute Gasteiger partial charge is 0.267 e. The number of Topliss-reactive ketones (excluding diaryl/α,β-unsaturated/α-hetero) is 1. The van der Waals surface area contributed by atoms with Gasteiger partial charge in [-0.2, -0.15) is 0 Å². The van der Waals surface area contributed by atoms with E-state index in [0.29, 0.717) is 27.2 Å². The van der Waals surface area contributed by atoms with Crippen molar-refractivity contribution in [1.82, 2.24) is 9.55 Å². The van der Waals surface area contributed by atoms with Crippen molar-refractivity contribution < 1.29 is 14.3 Å². The van der Waals surface area contributed by atoms with Crippen LogP contribution in [-0.2, 0) is 11.3 Å². The fourth-order valence-electron chi connectivity index (χ4n) is 4.13. The summed E-state index contributed by atoms with van der Waals surface area (Å²) in [4.78, 5) is 46.3. The number of aryl methyl sites for hydroxylation is 1. The second-order valence-corrected chi connectivity index (χ2v) is 9.22. The van der Waals surface area contributed by atoms with Crippen molar-refractivity contribution in [3.05, 3.63) is 75.7 Å². The van der Waals surface area contributed by atoms with E-state index in [9.17, 15) is 14.4 Å². The summed E-state index contributed by atoms with van der Waals surface area (Å²) in [6.07, 6.45) is 0.847. The van der Waals surface area contributed by atoms with Gasteiger partial charge < -0.3 is 9.64 Å². The largest absolute Gasteiger partial charge is 0.479 e. The molecule has 1 atom stereocenters. The fraction of sp³-hybridized carbons (Fsp3) is 0.200. The Morgan fingerprint density at radius 2 is 1.91 bits per heavy atom. The second-order valence-electron chi connectivity index (χ2n) is 8.02. The standard InChI is InChI=1S/C25H21N3O4S/c1-14-24(30)27(3)18-11-17(9-10-20(18)32-14)19(29)12-28-13-26-23-22(25(28)31)21(15(2)33-23)16-7-5-4-6-8-16/h4-11,13-14H,12H2,1-3H3. The summed E-state index contributed by atoms with van der Waals surface area (Å²) in [6, 6.07) is 14.7. The Morgan fingerprint density at radius 1 is 1.15 bits per heavy atom. The van der Waals surface area contributed by atoms with Crippen molar-refractivity contribution in [2.24, 2.45) is 0 Å². The van der Waals surface area contributed by atoms with Crippen LogP contribution in [0.15, 0.2) is 59.7 Å². The van der Waals surface area contributed by atoms with Crippen molar-refractivity contribution in [2.75, 3.05) is 11.9 Å². The molecule has 166 valence electrons. The van der Waals surface area contributed by atoms with Gasteiger partial charge in [-0.25, -0.2) is 4.98 Å². The van der Waals surface area contributed by atoms with Crippen LogP contribution in [0.25, 0.3) is 21.3 Å². The van der Waals surface area contributed by atoms with E-state index in [1.165, 1.54) is 27.1 Å². The molecule has 1 aliphatic rings. The summed E-state index contributed by atoms with van der Waals surface area (Å²) < 4.78 is 6.97. The number of ketones is 1. The highest BCUT2D eigenvalue weighted by Crippen LogP contribution is 2.36. The lowest BCUT2D eigenvalue weighted by Gasteiger charge is -2.30. The number of carbonyl (C=O) groups is 2. The molecule has 7 nitrogen and oxygen atoms in total. The van der Waals surface area contributed by atoms with Gasteiger partial charge in [0.15, 0.2) is 11.9 Å². The van der Waals surface area contributed by atoms with Gasteiger partial charge in [0.2, 0.25) is 0 Å². The maximum Gasteiger partial charge on any atom is 0.267 e. The number of hydrogen-bond acceptors (Lipinski definition) is 6. The molecule has 0 saturated carbocycles. The van der Waals surface area contributed by atoms with Crippen molar-refractivity contribution in [3.63, 3.8) is 0 Å². The molecular weight excluding hydrogens is 438 g/mol. The second kappa shape index (κ2) is 7.97. The van der Waals surface area contributed by atoms with E-state index in [0.717, 1.165) is 16.0 Å². The number of thiophene rings is 1. The van der Waals surface area contributed by atoms with Crippen LogP contribution in [0.2, 0.25) is 0 Å². The maximum atomic E-state index is 13.4.